The summed E-state index contributed by atoms with van der Waals surface area (Å²) in [7, 11) is 0. The van der Waals surface area contributed by atoms with E-state index in [0.717, 1.165) is 31.7 Å². The molecule has 1 saturated heterocycles. The fourth-order valence-electron chi connectivity index (χ4n) is 4.27. The largest absolute Gasteiger partial charge is 0.468 e. The van der Waals surface area contributed by atoms with Crippen molar-refractivity contribution in [3.05, 3.63) is 64.5 Å². The van der Waals surface area contributed by atoms with Crippen molar-refractivity contribution < 1.29 is 9.21 Å². The third-order valence-corrected chi connectivity index (χ3v) is 5.78. The molecule has 1 fully saturated rings. The van der Waals surface area contributed by atoms with E-state index in [1.165, 1.54) is 11.1 Å². The van der Waals surface area contributed by atoms with E-state index < -0.39 is 0 Å². The minimum absolute atomic E-state index is 0.0212. The first kappa shape index (κ1) is 21.3. The van der Waals surface area contributed by atoms with Crippen molar-refractivity contribution in [3.63, 3.8) is 0 Å². The molecule has 31 heavy (non-hydrogen) atoms. The number of aromatic nitrogens is 2. The monoisotopic (exact) mass is 422 g/mol. The predicted octanol–water partition coefficient (Wildman–Crippen LogP) is 3.60. The van der Waals surface area contributed by atoms with Crippen LogP contribution in [0.4, 0.5) is 0 Å². The highest BCUT2D eigenvalue weighted by atomic mass is 16.3. The molecule has 2 aromatic heterocycles. The van der Waals surface area contributed by atoms with Gasteiger partial charge in [0.2, 0.25) is 0 Å². The molecular formula is C24H30N4O3. The smallest absolute Gasteiger partial charge is 0.274 e. The summed E-state index contributed by atoms with van der Waals surface area (Å²) in [6.45, 7) is 6.91. The molecule has 4 rings (SSSR count). The zero-order valence-corrected chi connectivity index (χ0v) is 18.2. The number of hydrogen-bond acceptors (Lipinski definition) is 5. The quantitative estimate of drug-likeness (QED) is 0.629. The van der Waals surface area contributed by atoms with Gasteiger partial charge in [0.1, 0.15) is 5.76 Å². The Labute approximate surface area is 182 Å². The van der Waals surface area contributed by atoms with Crippen LogP contribution in [0.2, 0.25) is 0 Å². The number of furan rings is 1. The molecule has 0 bridgehead atoms. The van der Waals surface area contributed by atoms with Gasteiger partial charge in [-0.1, -0.05) is 38.5 Å². The summed E-state index contributed by atoms with van der Waals surface area (Å²) in [6, 6.07) is 11.0. The third-order valence-electron chi connectivity index (χ3n) is 5.78. The lowest BCUT2D eigenvalue weighted by Gasteiger charge is -2.33. The highest BCUT2D eigenvalue weighted by Gasteiger charge is 2.26. The second-order valence-electron chi connectivity index (χ2n) is 8.61. The third kappa shape index (κ3) is 4.71. The van der Waals surface area contributed by atoms with Gasteiger partial charge in [-0.05, 0) is 50.0 Å². The van der Waals surface area contributed by atoms with E-state index in [1.807, 2.05) is 38.1 Å². The van der Waals surface area contributed by atoms with E-state index in [0.29, 0.717) is 23.9 Å². The van der Waals surface area contributed by atoms with Crippen molar-refractivity contribution in [1.29, 1.82) is 0 Å². The minimum atomic E-state index is -0.276. The van der Waals surface area contributed by atoms with Crippen molar-refractivity contribution in [1.82, 2.24) is 20.0 Å². The normalized spacial score (nSPS) is 16.0. The van der Waals surface area contributed by atoms with Gasteiger partial charge >= 0.3 is 0 Å². The lowest BCUT2D eigenvalue weighted by Crippen LogP contribution is -2.41. The van der Waals surface area contributed by atoms with E-state index >= 15 is 0 Å². The molecule has 0 spiro atoms. The molecule has 0 aliphatic carbocycles. The molecule has 1 aromatic carbocycles. The van der Waals surface area contributed by atoms with Crippen LogP contribution in [0.5, 0.6) is 0 Å². The van der Waals surface area contributed by atoms with Gasteiger partial charge < -0.3 is 9.73 Å². The number of fused-ring (bicyclic) bond motifs is 1. The van der Waals surface area contributed by atoms with Crippen molar-refractivity contribution in [2.75, 3.05) is 19.6 Å². The molecule has 1 aliphatic heterocycles. The maximum absolute atomic E-state index is 13.2. The average Bonchev–Trinajstić information content (AvgIpc) is 3.31. The molecule has 3 aromatic rings. The molecule has 1 atom stereocenters. The molecule has 164 valence electrons. The van der Waals surface area contributed by atoms with Crippen LogP contribution in [0, 0.1) is 5.92 Å². The van der Waals surface area contributed by atoms with Gasteiger partial charge in [0.25, 0.3) is 11.5 Å². The van der Waals surface area contributed by atoms with Crippen LogP contribution in [0.15, 0.2) is 51.9 Å². The Hall–Kier alpha value is -2.93. The zero-order chi connectivity index (χ0) is 21.8. The summed E-state index contributed by atoms with van der Waals surface area (Å²) in [5.41, 5.74) is 0.121. The molecule has 1 N–H and O–H groups in total. The number of carbonyl (C=O) groups is 1. The first-order chi connectivity index (χ1) is 15.0. The summed E-state index contributed by atoms with van der Waals surface area (Å²) in [4.78, 5) is 28.4. The number of likely N-dealkylation sites (tertiary alicyclic amines) is 1. The standard InChI is InChI=1S/C24H30N4O3/c1-17(2)16-28-24(30)19-10-5-4-9-18(19)22(26-28)23(29)25-15-20(21-11-8-14-31-21)27-12-6-3-7-13-27/h4-5,8-11,14,17,20H,3,6-7,12-13,15-16H2,1-2H3,(H,25,29). The van der Waals surface area contributed by atoms with Crippen LogP contribution in [-0.4, -0.2) is 40.2 Å². The van der Waals surface area contributed by atoms with Gasteiger partial charge in [-0.25, -0.2) is 4.68 Å². The second-order valence-corrected chi connectivity index (χ2v) is 8.61. The lowest BCUT2D eigenvalue weighted by atomic mass is 10.1. The summed E-state index contributed by atoms with van der Waals surface area (Å²) >= 11 is 0. The first-order valence-electron chi connectivity index (χ1n) is 11.1. The van der Waals surface area contributed by atoms with Gasteiger partial charge in [0.15, 0.2) is 5.69 Å². The van der Waals surface area contributed by atoms with Gasteiger partial charge in [-0.3, -0.25) is 14.5 Å². The molecule has 0 radical (unpaired) electrons. The van der Waals surface area contributed by atoms with E-state index in [2.05, 4.69) is 15.3 Å². The summed E-state index contributed by atoms with van der Waals surface area (Å²) < 4.78 is 7.09. The fourth-order valence-corrected chi connectivity index (χ4v) is 4.27. The van der Waals surface area contributed by atoms with Gasteiger partial charge in [0, 0.05) is 18.5 Å². The lowest BCUT2D eigenvalue weighted by molar-refractivity contribution is 0.0908. The molecule has 1 unspecified atom stereocenters. The van der Waals surface area contributed by atoms with Crippen LogP contribution < -0.4 is 10.9 Å². The Morgan fingerprint density at radius 3 is 2.52 bits per heavy atom. The van der Waals surface area contributed by atoms with Crippen LogP contribution >= 0.6 is 0 Å². The Morgan fingerprint density at radius 2 is 1.84 bits per heavy atom. The van der Waals surface area contributed by atoms with E-state index in [4.69, 9.17) is 4.42 Å². The Balaban J connectivity index is 1.61. The summed E-state index contributed by atoms with van der Waals surface area (Å²) in [5.74, 6) is 0.816. The molecule has 1 amide bonds. The van der Waals surface area contributed by atoms with Crippen molar-refractivity contribution in [2.24, 2.45) is 5.92 Å². The van der Waals surface area contributed by atoms with Gasteiger partial charge in [0.05, 0.1) is 17.7 Å². The number of piperidine rings is 1. The average molecular weight is 423 g/mol. The van der Waals surface area contributed by atoms with E-state index in [9.17, 15) is 9.59 Å². The number of nitrogens with zero attached hydrogens (tertiary/aromatic N) is 3. The van der Waals surface area contributed by atoms with Gasteiger partial charge in [-0.15, -0.1) is 0 Å². The maximum Gasteiger partial charge on any atom is 0.274 e. The number of amides is 1. The number of hydrogen-bond donors (Lipinski definition) is 1. The topological polar surface area (TPSA) is 80.4 Å². The van der Waals surface area contributed by atoms with E-state index in [1.54, 1.807) is 18.4 Å². The summed E-state index contributed by atoms with van der Waals surface area (Å²) in [6.07, 6.45) is 5.21. The predicted molar refractivity (Wildman–Crippen MR) is 120 cm³/mol. The molecule has 7 nitrogen and oxygen atoms in total. The van der Waals surface area contributed by atoms with Crippen LogP contribution in [-0.2, 0) is 6.54 Å². The number of benzene rings is 1. The van der Waals surface area contributed by atoms with Crippen LogP contribution in [0.3, 0.4) is 0 Å². The molecule has 1 aliphatic rings. The van der Waals surface area contributed by atoms with Crippen LogP contribution in [0.1, 0.15) is 55.4 Å². The molecule has 3 heterocycles. The Kier molecular flexibility index (Phi) is 6.51. The highest BCUT2D eigenvalue weighted by molar-refractivity contribution is 6.04. The Morgan fingerprint density at radius 1 is 1.10 bits per heavy atom. The molecule has 0 saturated carbocycles. The SMILES string of the molecule is CC(C)Cn1nc(C(=O)NCC(c2ccco2)N2CCCCC2)c2ccccc2c1=O. The molecular weight excluding hydrogens is 392 g/mol. The fraction of sp³-hybridized carbons (Fsp3) is 0.458. The minimum Gasteiger partial charge on any atom is -0.468 e. The zero-order valence-electron chi connectivity index (χ0n) is 18.2. The van der Waals surface area contributed by atoms with Crippen LogP contribution in [0.25, 0.3) is 10.8 Å². The second kappa shape index (κ2) is 9.47. The van der Waals surface area contributed by atoms with Gasteiger partial charge in [-0.2, -0.15) is 5.10 Å². The maximum atomic E-state index is 13.2. The first-order valence-corrected chi connectivity index (χ1v) is 11.1. The van der Waals surface area contributed by atoms with Crippen molar-refractivity contribution in [2.45, 2.75) is 45.7 Å². The van der Waals surface area contributed by atoms with E-state index in [-0.39, 0.29) is 29.1 Å². The number of rotatable bonds is 7. The number of carbonyl (C=O) groups excluding carboxylic acids is 1. The Bertz CT molecular complexity index is 1080. The summed E-state index contributed by atoms with van der Waals surface area (Å²) in [5, 5.41) is 8.60. The number of nitrogens with one attached hydrogen (secondary N) is 1. The van der Waals surface area contributed by atoms with Crippen molar-refractivity contribution >= 4 is 16.7 Å². The van der Waals surface area contributed by atoms with Crippen molar-refractivity contribution in [3.8, 4) is 0 Å². The highest BCUT2D eigenvalue weighted by Crippen LogP contribution is 2.25. The molecule has 7 heteroatoms.